The number of hydrogen-bond acceptors (Lipinski definition) is 3. The second-order valence-corrected chi connectivity index (χ2v) is 7.29. The van der Waals surface area contributed by atoms with Gasteiger partial charge in [-0.1, -0.05) is 0 Å². The maximum atomic E-state index is 11.9. The molecule has 0 fully saturated rings. The lowest BCUT2D eigenvalue weighted by atomic mass is 10.1. The minimum absolute atomic E-state index is 0.0895. The van der Waals surface area contributed by atoms with E-state index in [1.54, 1.807) is 26.1 Å². The van der Waals surface area contributed by atoms with E-state index in [2.05, 4.69) is 4.98 Å². The van der Waals surface area contributed by atoms with Crippen LogP contribution in [0.2, 0.25) is 0 Å². The van der Waals surface area contributed by atoms with Crippen LogP contribution in [-0.4, -0.2) is 29.7 Å². The second kappa shape index (κ2) is 4.70. The van der Waals surface area contributed by atoms with Crippen LogP contribution < -0.4 is 0 Å². The van der Waals surface area contributed by atoms with Gasteiger partial charge in [-0.3, -0.25) is 0 Å². The Kier molecular flexibility index (Phi) is 3.36. The van der Waals surface area contributed by atoms with Gasteiger partial charge in [-0.2, -0.15) is 0 Å². The Morgan fingerprint density at radius 3 is 2.63 bits per heavy atom. The number of H-pyrrole nitrogens is 1. The molecule has 0 radical (unpaired) electrons. The van der Waals surface area contributed by atoms with Crippen molar-refractivity contribution < 1.29 is 18.3 Å². The molecule has 0 aliphatic carbocycles. The number of benzene rings is 1. The highest BCUT2D eigenvalue weighted by atomic mass is 32.2. The number of sulfone groups is 1. The summed E-state index contributed by atoms with van der Waals surface area (Å²) in [5.74, 6) is -1.12. The summed E-state index contributed by atoms with van der Waals surface area (Å²) in [6.45, 7) is 3.26. The first-order valence-corrected chi connectivity index (χ1v) is 7.57. The first kappa shape index (κ1) is 13.6. The number of nitrogens with one attached hydrogen (secondary N) is 1. The van der Waals surface area contributed by atoms with Gasteiger partial charge in [-0.25, -0.2) is 13.2 Å². The maximum Gasteiger partial charge on any atom is 0.335 e. The van der Waals surface area contributed by atoms with Crippen LogP contribution >= 0.6 is 0 Å². The van der Waals surface area contributed by atoms with Crippen molar-refractivity contribution in [1.82, 2.24) is 4.98 Å². The number of carboxylic acids is 1. The van der Waals surface area contributed by atoms with Gasteiger partial charge < -0.3 is 10.1 Å². The predicted molar refractivity (Wildman–Crippen MR) is 73.0 cm³/mol. The van der Waals surface area contributed by atoms with E-state index in [9.17, 15) is 13.2 Å². The number of hydrogen-bond donors (Lipinski definition) is 2. The molecule has 0 atom stereocenters. The minimum Gasteiger partial charge on any atom is -0.478 e. The van der Waals surface area contributed by atoms with E-state index in [0.717, 1.165) is 5.52 Å². The molecule has 0 aliphatic rings. The van der Waals surface area contributed by atoms with Gasteiger partial charge in [0.2, 0.25) is 0 Å². The topological polar surface area (TPSA) is 87.2 Å². The highest BCUT2D eigenvalue weighted by Gasteiger charge is 2.19. The number of carbonyl (C=O) groups is 1. The summed E-state index contributed by atoms with van der Waals surface area (Å²) in [5.41, 5.74) is 1.49. The van der Waals surface area contributed by atoms with E-state index < -0.39 is 21.1 Å². The molecular weight excluding hydrogens is 266 g/mol. The zero-order valence-electron chi connectivity index (χ0n) is 10.7. The largest absolute Gasteiger partial charge is 0.478 e. The fraction of sp³-hybridized carbons (Fsp3) is 0.308. The van der Waals surface area contributed by atoms with Crippen molar-refractivity contribution in [2.45, 2.75) is 24.9 Å². The molecule has 0 amide bonds. The van der Waals surface area contributed by atoms with Crippen molar-refractivity contribution in [2.24, 2.45) is 0 Å². The van der Waals surface area contributed by atoms with Crippen molar-refractivity contribution in [1.29, 1.82) is 0 Å². The van der Waals surface area contributed by atoms with E-state index in [1.807, 2.05) is 0 Å². The molecule has 19 heavy (non-hydrogen) atoms. The summed E-state index contributed by atoms with van der Waals surface area (Å²) in [4.78, 5) is 13.9. The molecule has 102 valence electrons. The number of aromatic carboxylic acids is 1. The fourth-order valence-corrected chi connectivity index (χ4v) is 2.82. The van der Waals surface area contributed by atoms with E-state index in [1.165, 1.54) is 12.1 Å². The monoisotopic (exact) mass is 281 g/mol. The van der Waals surface area contributed by atoms with Crippen molar-refractivity contribution in [3.05, 3.63) is 35.5 Å². The molecular formula is C13H15NO4S. The average Bonchev–Trinajstić information content (AvgIpc) is 2.71. The van der Waals surface area contributed by atoms with Crippen LogP contribution in [0.1, 0.15) is 29.8 Å². The van der Waals surface area contributed by atoms with Gasteiger partial charge >= 0.3 is 5.97 Å². The zero-order valence-corrected chi connectivity index (χ0v) is 11.5. The molecule has 1 heterocycles. The number of carboxylic acid groups (broad SMARTS) is 1. The third kappa shape index (κ3) is 2.63. The van der Waals surface area contributed by atoms with Crippen LogP contribution in [0.25, 0.3) is 10.9 Å². The third-order valence-electron chi connectivity index (χ3n) is 3.09. The minimum atomic E-state index is -3.21. The number of aromatic amines is 1. The average molecular weight is 281 g/mol. The molecule has 0 saturated heterocycles. The van der Waals surface area contributed by atoms with Crippen LogP contribution in [0, 0.1) is 0 Å². The van der Waals surface area contributed by atoms with Crippen LogP contribution in [-0.2, 0) is 15.6 Å². The standard InChI is InChI=1S/C13H15NO4S/c1-8(2)19(17,18)7-10-6-14-12-4-3-9(13(15)16)5-11(10)12/h3-6,8,14H,7H2,1-2H3,(H,15,16). The summed E-state index contributed by atoms with van der Waals surface area (Å²) in [6.07, 6.45) is 1.62. The molecule has 6 heteroatoms. The maximum absolute atomic E-state index is 11.9. The quantitative estimate of drug-likeness (QED) is 0.899. The van der Waals surface area contributed by atoms with Gasteiger partial charge in [-0.05, 0) is 37.6 Å². The van der Waals surface area contributed by atoms with Crippen molar-refractivity contribution >= 4 is 26.7 Å². The van der Waals surface area contributed by atoms with Gasteiger partial charge in [0.05, 0.1) is 16.6 Å². The molecule has 1 aromatic heterocycles. The SMILES string of the molecule is CC(C)S(=O)(=O)Cc1c[nH]c2ccc(C(=O)O)cc12. The molecule has 2 aromatic rings. The molecule has 2 N–H and O–H groups in total. The Hall–Kier alpha value is -1.82. The highest BCUT2D eigenvalue weighted by Crippen LogP contribution is 2.23. The van der Waals surface area contributed by atoms with Crippen LogP contribution in [0.4, 0.5) is 0 Å². The van der Waals surface area contributed by atoms with Crippen molar-refractivity contribution in [3.63, 3.8) is 0 Å². The third-order valence-corrected chi connectivity index (χ3v) is 5.24. The lowest BCUT2D eigenvalue weighted by molar-refractivity contribution is 0.0697. The lowest BCUT2D eigenvalue weighted by Crippen LogP contribution is -2.15. The van der Waals surface area contributed by atoms with E-state index >= 15 is 0 Å². The Balaban J connectivity index is 2.50. The molecule has 5 nitrogen and oxygen atoms in total. The number of aromatic nitrogens is 1. The smallest absolute Gasteiger partial charge is 0.335 e. The molecule has 0 saturated carbocycles. The fourth-order valence-electron chi connectivity index (χ4n) is 1.81. The lowest BCUT2D eigenvalue weighted by Gasteiger charge is -2.06. The Bertz CT molecular complexity index is 728. The molecule has 0 bridgehead atoms. The molecule has 1 aromatic carbocycles. The van der Waals surface area contributed by atoms with Crippen LogP contribution in [0.3, 0.4) is 0 Å². The first-order chi connectivity index (χ1) is 8.81. The Morgan fingerprint density at radius 2 is 2.05 bits per heavy atom. The number of rotatable bonds is 4. The van der Waals surface area contributed by atoms with Gasteiger partial charge in [0.1, 0.15) is 0 Å². The Labute approximate surface area is 111 Å². The molecule has 2 rings (SSSR count). The predicted octanol–water partition coefficient (Wildman–Crippen LogP) is 2.19. The van der Waals surface area contributed by atoms with E-state index in [4.69, 9.17) is 5.11 Å². The summed E-state index contributed by atoms with van der Waals surface area (Å²) < 4.78 is 23.9. The molecule has 0 spiro atoms. The first-order valence-electron chi connectivity index (χ1n) is 5.86. The second-order valence-electron chi connectivity index (χ2n) is 4.74. The van der Waals surface area contributed by atoms with Crippen molar-refractivity contribution in [3.8, 4) is 0 Å². The van der Waals surface area contributed by atoms with E-state index in [0.29, 0.717) is 10.9 Å². The van der Waals surface area contributed by atoms with Crippen LogP contribution in [0.5, 0.6) is 0 Å². The highest BCUT2D eigenvalue weighted by molar-refractivity contribution is 7.91. The number of fused-ring (bicyclic) bond motifs is 1. The Morgan fingerprint density at radius 1 is 1.37 bits per heavy atom. The summed E-state index contributed by atoms with van der Waals surface area (Å²) in [6, 6.07) is 4.63. The summed E-state index contributed by atoms with van der Waals surface area (Å²) in [7, 11) is -3.21. The van der Waals surface area contributed by atoms with E-state index in [-0.39, 0.29) is 11.3 Å². The van der Waals surface area contributed by atoms with Gasteiger partial charge in [0, 0.05) is 17.1 Å². The van der Waals surface area contributed by atoms with Gasteiger partial charge in [0.25, 0.3) is 0 Å². The van der Waals surface area contributed by atoms with Gasteiger partial charge in [0.15, 0.2) is 9.84 Å². The van der Waals surface area contributed by atoms with Crippen LogP contribution in [0.15, 0.2) is 24.4 Å². The summed E-state index contributed by atoms with van der Waals surface area (Å²) >= 11 is 0. The molecule has 0 unspecified atom stereocenters. The normalized spacial score (nSPS) is 12.2. The zero-order chi connectivity index (χ0) is 14.2. The molecule has 0 aliphatic heterocycles. The summed E-state index contributed by atoms with van der Waals surface area (Å²) in [5, 5.41) is 9.15. The van der Waals surface area contributed by atoms with Gasteiger partial charge in [-0.15, -0.1) is 0 Å². The van der Waals surface area contributed by atoms with Crippen molar-refractivity contribution in [2.75, 3.05) is 0 Å².